The number of hydrogen-bond acceptors (Lipinski definition) is 2. The minimum absolute atomic E-state index is 0.0972. The highest BCUT2D eigenvalue weighted by Gasteiger charge is 2.33. The largest absolute Gasteiger partial charge is 0.481 e. The number of halogens is 2. The molecule has 0 radical (unpaired) electrons. The summed E-state index contributed by atoms with van der Waals surface area (Å²) < 4.78 is 25.8. The van der Waals surface area contributed by atoms with Gasteiger partial charge in [0, 0.05) is 6.04 Å². The van der Waals surface area contributed by atoms with E-state index in [9.17, 15) is 18.4 Å². The van der Waals surface area contributed by atoms with Crippen LogP contribution in [0.3, 0.4) is 0 Å². The molecule has 2 N–H and O–H groups in total. The zero-order valence-electron chi connectivity index (χ0n) is 10.7. The lowest BCUT2D eigenvalue weighted by atomic mass is 10.0. The van der Waals surface area contributed by atoms with Gasteiger partial charge in [0.1, 0.15) is 0 Å². The molecule has 0 bridgehead atoms. The summed E-state index contributed by atoms with van der Waals surface area (Å²) in [6.07, 6.45) is 1.83. The van der Waals surface area contributed by atoms with Crippen LogP contribution < -0.4 is 5.32 Å². The second-order valence-corrected chi connectivity index (χ2v) is 4.97. The molecule has 0 aromatic heterocycles. The fourth-order valence-corrected chi connectivity index (χ4v) is 2.52. The highest BCUT2D eigenvalue weighted by Crippen LogP contribution is 2.25. The molecule has 1 aromatic carbocycles. The molecule has 20 heavy (non-hydrogen) atoms. The highest BCUT2D eigenvalue weighted by molar-refractivity contribution is 5.80. The topological polar surface area (TPSA) is 66.4 Å². The molecule has 1 amide bonds. The van der Waals surface area contributed by atoms with E-state index in [1.807, 2.05) is 0 Å². The Morgan fingerprint density at radius 2 is 2.00 bits per heavy atom. The first-order valence-electron chi connectivity index (χ1n) is 6.43. The Labute approximate surface area is 114 Å². The van der Waals surface area contributed by atoms with Crippen LogP contribution in [-0.2, 0) is 16.0 Å². The molecule has 0 unspecified atom stereocenters. The summed E-state index contributed by atoms with van der Waals surface area (Å²) in [5.74, 6) is -3.82. The minimum Gasteiger partial charge on any atom is -0.481 e. The standard InChI is InChI=1S/C14H15F2NO3/c15-10-5-4-8(6-11(10)16)7-13(18)17-12-3-1-2-9(12)14(19)20/h4-6,9,12H,1-3,7H2,(H,17,18)(H,19,20)/t9-,12-/m0/s1. The molecule has 1 aromatic rings. The number of nitrogens with one attached hydrogen (secondary N) is 1. The van der Waals surface area contributed by atoms with Crippen LogP contribution in [0.2, 0.25) is 0 Å². The van der Waals surface area contributed by atoms with Gasteiger partial charge in [-0.15, -0.1) is 0 Å². The molecule has 0 saturated heterocycles. The van der Waals surface area contributed by atoms with Crippen molar-refractivity contribution in [3.8, 4) is 0 Å². The number of carboxylic acid groups (broad SMARTS) is 1. The van der Waals surface area contributed by atoms with Crippen molar-refractivity contribution in [1.82, 2.24) is 5.32 Å². The number of amides is 1. The van der Waals surface area contributed by atoms with Crippen LogP contribution in [0.1, 0.15) is 24.8 Å². The van der Waals surface area contributed by atoms with Gasteiger partial charge in [-0.1, -0.05) is 12.5 Å². The van der Waals surface area contributed by atoms with E-state index in [4.69, 9.17) is 5.11 Å². The molecule has 2 atom stereocenters. The van der Waals surface area contributed by atoms with Gasteiger partial charge in [0.25, 0.3) is 0 Å². The first-order valence-corrected chi connectivity index (χ1v) is 6.43. The van der Waals surface area contributed by atoms with E-state index in [2.05, 4.69) is 5.32 Å². The first-order chi connectivity index (χ1) is 9.47. The third kappa shape index (κ3) is 3.31. The van der Waals surface area contributed by atoms with Crippen LogP contribution in [0.4, 0.5) is 8.78 Å². The van der Waals surface area contributed by atoms with Crippen molar-refractivity contribution in [2.24, 2.45) is 5.92 Å². The quantitative estimate of drug-likeness (QED) is 0.886. The average Bonchev–Trinajstić information content (AvgIpc) is 2.82. The lowest BCUT2D eigenvalue weighted by Gasteiger charge is -2.17. The molecule has 1 saturated carbocycles. The molecule has 6 heteroatoms. The van der Waals surface area contributed by atoms with Crippen molar-refractivity contribution in [3.63, 3.8) is 0 Å². The first kappa shape index (κ1) is 14.4. The molecule has 4 nitrogen and oxygen atoms in total. The molecular weight excluding hydrogens is 268 g/mol. The van der Waals surface area contributed by atoms with E-state index in [0.717, 1.165) is 18.6 Å². The summed E-state index contributed by atoms with van der Waals surface area (Å²) in [6, 6.07) is 2.89. The predicted octanol–water partition coefficient (Wildman–Crippen LogP) is 1.88. The average molecular weight is 283 g/mol. The number of rotatable bonds is 4. The van der Waals surface area contributed by atoms with E-state index >= 15 is 0 Å². The maximum Gasteiger partial charge on any atom is 0.308 e. The number of carbonyl (C=O) groups is 2. The maximum atomic E-state index is 13.0. The van der Waals surface area contributed by atoms with Crippen LogP contribution >= 0.6 is 0 Å². The van der Waals surface area contributed by atoms with Gasteiger partial charge in [-0.2, -0.15) is 0 Å². The van der Waals surface area contributed by atoms with Crippen molar-refractivity contribution in [2.45, 2.75) is 31.7 Å². The summed E-state index contributed by atoms with van der Waals surface area (Å²) >= 11 is 0. The van der Waals surface area contributed by atoms with Gasteiger partial charge in [-0.3, -0.25) is 9.59 Å². The lowest BCUT2D eigenvalue weighted by Crippen LogP contribution is -2.40. The Morgan fingerprint density at radius 3 is 2.65 bits per heavy atom. The lowest BCUT2D eigenvalue weighted by molar-refractivity contribution is -0.142. The normalized spacial score (nSPS) is 21.7. The van der Waals surface area contributed by atoms with Crippen molar-refractivity contribution in [3.05, 3.63) is 35.4 Å². The van der Waals surface area contributed by atoms with Crippen LogP contribution in [0, 0.1) is 17.6 Å². The number of benzene rings is 1. The fourth-order valence-electron chi connectivity index (χ4n) is 2.52. The van der Waals surface area contributed by atoms with Gasteiger partial charge in [0.15, 0.2) is 11.6 Å². The van der Waals surface area contributed by atoms with Crippen LogP contribution in [-0.4, -0.2) is 23.0 Å². The second-order valence-electron chi connectivity index (χ2n) is 4.97. The van der Waals surface area contributed by atoms with Gasteiger partial charge < -0.3 is 10.4 Å². The molecule has 2 rings (SSSR count). The Morgan fingerprint density at radius 1 is 1.25 bits per heavy atom. The molecule has 1 fully saturated rings. The van der Waals surface area contributed by atoms with Gasteiger partial charge >= 0.3 is 5.97 Å². The van der Waals surface area contributed by atoms with Crippen LogP contribution in [0.5, 0.6) is 0 Å². The summed E-state index contributed by atoms with van der Waals surface area (Å²) in [6.45, 7) is 0. The Balaban J connectivity index is 1.95. The van der Waals surface area contributed by atoms with E-state index in [-0.39, 0.29) is 18.4 Å². The van der Waals surface area contributed by atoms with Crippen molar-refractivity contribution in [1.29, 1.82) is 0 Å². The van der Waals surface area contributed by atoms with Crippen molar-refractivity contribution < 1.29 is 23.5 Å². The third-order valence-corrected chi connectivity index (χ3v) is 3.53. The SMILES string of the molecule is O=C(Cc1ccc(F)c(F)c1)N[C@H]1CCC[C@@H]1C(=O)O. The summed E-state index contributed by atoms with van der Waals surface area (Å²) in [5, 5.41) is 11.7. The van der Waals surface area contributed by atoms with Crippen molar-refractivity contribution >= 4 is 11.9 Å². The van der Waals surface area contributed by atoms with E-state index in [1.165, 1.54) is 6.07 Å². The van der Waals surface area contributed by atoms with E-state index in [0.29, 0.717) is 18.4 Å². The molecule has 1 aliphatic rings. The Kier molecular flexibility index (Phi) is 4.32. The summed E-state index contributed by atoms with van der Waals surface area (Å²) in [7, 11) is 0. The smallest absolute Gasteiger partial charge is 0.308 e. The Bertz CT molecular complexity index is 533. The summed E-state index contributed by atoms with van der Waals surface area (Å²) in [4.78, 5) is 22.8. The summed E-state index contributed by atoms with van der Waals surface area (Å²) in [5.41, 5.74) is 0.353. The van der Waals surface area contributed by atoms with E-state index < -0.39 is 23.5 Å². The molecular formula is C14H15F2NO3. The zero-order chi connectivity index (χ0) is 14.7. The molecule has 1 aliphatic carbocycles. The van der Waals surface area contributed by atoms with Gasteiger partial charge in [-0.25, -0.2) is 8.78 Å². The van der Waals surface area contributed by atoms with Crippen LogP contribution in [0.25, 0.3) is 0 Å². The zero-order valence-corrected chi connectivity index (χ0v) is 10.7. The minimum atomic E-state index is -1.00. The molecule has 108 valence electrons. The van der Waals surface area contributed by atoms with Crippen LogP contribution in [0.15, 0.2) is 18.2 Å². The molecule has 0 spiro atoms. The molecule has 0 aliphatic heterocycles. The van der Waals surface area contributed by atoms with Crippen molar-refractivity contribution in [2.75, 3.05) is 0 Å². The number of carboxylic acids is 1. The predicted molar refractivity (Wildman–Crippen MR) is 67.0 cm³/mol. The molecule has 0 heterocycles. The van der Waals surface area contributed by atoms with Gasteiger partial charge in [0.2, 0.25) is 5.91 Å². The highest BCUT2D eigenvalue weighted by atomic mass is 19.2. The number of carbonyl (C=O) groups excluding carboxylic acids is 1. The monoisotopic (exact) mass is 283 g/mol. The third-order valence-electron chi connectivity index (χ3n) is 3.53. The second kappa shape index (κ2) is 5.98. The maximum absolute atomic E-state index is 13.0. The fraction of sp³-hybridized carbons (Fsp3) is 0.429. The Hall–Kier alpha value is -1.98. The number of aliphatic carboxylic acids is 1. The van der Waals surface area contributed by atoms with Gasteiger partial charge in [0.05, 0.1) is 12.3 Å². The van der Waals surface area contributed by atoms with E-state index in [1.54, 1.807) is 0 Å². The van der Waals surface area contributed by atoms with Gasteiger partial charge in [-0.05, 0) is 30.5 Å². The number of hydrogen-bond donors (Lipinski definition) is 2.